The van der Waals surface area contributed by atoms with Gasteiger partial charge < -0.3 is 11.1 Å². The predicted octanol–water partition coefficient (Wildman–Crippen LogP) is 4.21. The van der Waals surface area contributed by atoms with Crippen LogP contribution in [0.4, 0.5) is 11.5 Å². The molecule has 0 saturated heterocycles. The van der Waals surface area contributed by atoms with Gasteiger partial charge in [-0.15, -0.1) is 0 Å². The van der Waals surface area contributed by atoms with Crippen molar-refractivity contribution in [1.29, 1.82) is 0 Å². The number of hydrogen-bond acceptors (Lipinski definition) is 3. The van der Waals surface area contributed by atoms with Gasteiger partial charge in [-0.1, -0.05) is 35.9 Å². The molecule has 0 saturated carbocycles. The van der Waals surface area contributed by atoms with Crippen molar-refractivity contribution in [2.24, 2.45) is 7.05 Å². The number of rotatable bonds is 2. The highest BCUT2D eigenvalue weighted by molar-refractivity contribution is 6.31. The van der Waals surface area contributed by atoms with Crippen molar-refractivity contribution in [2.75, 3.05) is 11.1 Å². The van der Waals surface area contributed by atoms with Crippen LogP contribution >= 0.6 is 11.6 Å². The standard InChI is InChI=1S/C11H11ClN4O.C8H10/c1-16-5-4-10(15-16)14-11(17)8-6-7(12)2-3-9(8)13;1-7-5-3-4-6-8(7)2/h2-6H,13H2,1H3,(H,14,15,17);3-6H,1-2H3. The summed E-state index contributed by atoms with van der Waals surface area (Å²) in [4.78, 5) is 11.9. The zero-order valence-electron chi connectivity index (χ0n) is 14.5. The topological polar surface area (TPSA) is 72.9 Å². The Hall–Kier alpha value is -2.79. The molecule has 0 aliphatic carbocycles. The number of halogens is 1. The summed E-state index contributed by atoms with van der Waals surface area (Å²) in [5, 5.41) is 7.14. The Bertz CT molecular complexity index is 852. The van der Waals surface area contributed by atoms with Crippen LogP contribution in [0.5, 0.6) is 0 Å². The maximum atomic E-state index is 11.9. The molecule has 1 heterocycles. The van der Waals surface area contributed by atoms with Crippen LogP contribution in [0.15, 0.2) is 54.7 Å². The number of carbonyl (C=O) groups is 1. The van der Waals surface area contributed by atoms with E-state index in [4.69, 9.17) is 17.3 Å². The lowest BCUT2D eigenvalue weighted by Gasteiger charge is -2.05. The van der Waals surface area contributed by atoms with E-state index >= 15 is 0 Å². The van der Waals surface area contributed by atoms with Crippen LogP contribution in [0.1, 0.15) is 21.5 Å². The molecule has 0 radical (unpaired) electrons. The summed E-state index contributed by atoms with van der Waals surface area (Å²) < 4.78 is 1.59. The van der Waals surface area contributed by atoms with Gasteiger partial charge in [0.15, 0.2) is 5.82 Å². The maximum absolute atomic E-state index is 11.9. The fourth-order valence-corrected chi connectivity index (χ4v) is 2.23. The van der Waals surface area contributed by atoms with Crippen molar-refractivity contribution in [3.05, 3.63) is 76.4 Å². The normalized spacial score (nSPS) is 9.92. The first-order chi connectivity index (χ1) is 11.9. The van der Waals surface area contributed by atoms with Gasteiger partial charge in [-0.2, -0.15) is 5.10 Å². The lowest BCUT2D eigenvalue weighted by atomic mass is 10.1. The summed E-state index contributed by atoms with van der Waals surface area (Å²) in [6, 6.07) is 14.8. The van der Waals surface area contributed by atoms with Gasteiger partial charge in [0.1, 0.15) is 0 Å². The van der Waals surface area contributed by atoms with Crippen LogP contribution < -0.4 is 11.1 Å². The summed E-state index contributed by atoms with van der Waals surface area (Å²) in [6.45, 7) is 4.24. The molecule has 25 heavy (non-hydrogen) atoms. The molecule has 5 nitrogen and oxygen atoms in total. The Labute approximate surface area is 152 Å². The maximum Gasteiger partial charge on any atom is 0.259 e. The van der Waals surface area contributed by atoms with Crippen molar-refractivity contribution in [3.8, 4) is 0 Å². The number of aryl methyl sites for hydroxylation is 3. The Morgan fingerprint density at radius 3 is 2.28 bits per heavy atom. The lowest BCUT2D eigenvalue weighted by Crippen LogP contribution is -2.14. The Morgan fingerprint density at radius 2 is 1.76 bits per heavy atom. The van der Waals surface area contributed by atoms with E-state index in [0.717, 1.165) is 0 Å². The van der Waals surface area contributed by atoms with Crippen molar-refractivity contribution in [2.45, 2.75) is 13.8 Å². The minimum absolute atomic E-state index is 0.330. The molecule has 3 aromatic rings. The molecule has 0 aliphatic heterocycles. The number of amides is 1. The summed E-state index contributed by atoms with van der Waals surface area (Å²) in [5.41, 5.74) is 9.15. The molecular weight excluding hydrogens is 336 g/mol. The van der Waals surface area contributed by atoms with E-state index in [1.54, 1.807) is 36.1 Å². The van der Waals surface area contributed by atoms with Crippen LogP contribution in [-0.2, 0) is 7.05 Å². The summed E-state index contributed by atoms with van der Waals surface area (Å²) in [5.74, 6) is 0.139. The zero-order chi connectivity index (χ0) is 18.4. The average molecular weight is 357 g/mol. The average Bonchev–Trinajstić information content (AvgIpc) is 2.98. The SMILES string of the molecule is Cc1ccccc1C.Cn1ccc(NC(=O)c2cc(Cl)ccc2N)n1. The van der Waals surface area contributed by atoms with Gasteiger partial charge >= 0.3 is 0 Å². The highest BCUT2D eigenvalue weighted by Gasteiger charge is 2.11. The first-order valence-electron chi connectivity index (χ1n) is 7.75. The molecule has 0 aliphatic rings. The molecule has 0 spiro atoms. The number of carbonyl (C=O) groups excluding carboxylic acids is 1. The fraction of sp³-hybridized carbons (Fsp3) is 0.158. The first-order valence-corrected chi connectivity index (χ1v) is 8.13. The van der Waals surface area contributed by atoms with Gasteiger partial charge in [0.2, 0.25) is 0 Å². The quantitative estimate of drug-likeness (QED) is 0.675. The van der Waals surface area contributed by atoms with Gasteiger partial charge in [0, 0.05) is 30.0 Å². The number of anilines is 2. The van der Waals surface area contributed by atoms with Gasteiger partial charge in [-0.25, -0.2) is 0 Å². The third-order valence-electron chi connectivity index (χ3n) is 3.64. The number of nitrogens with two attached hydrogens (primary N) is 1. The number of benzene rings is 2. The van der Waals surface area contributed by atoms with Gasteiger partial charge in [-0.3, -0.25) is 9.48 Å². The minimum Gasteiger partial charge on any atom is -0.398 e. The molecule has 0 fully saturated rings. The largest absolute Gasteiger partial charge is 0.398 e. The monoisotopic (exact) mass is 356 g/mol. The summed E-state index contributed by atoms with van der Waals surface area (Å²) >= 11 is 5.81. The van der Waals surface area contributed by atoms with Crippen LogP contribution in [0.2, 0.25) is 5.02 Å². The van der Waals surface area contributed by atoms with E-state index in [-0.39, 0.29) is 5.91 Å². The van der Waals surface area contributed by atoms with E-state index in [1.807, 2.05) is 0 Å². The highest BCUT2D eigenvalue weighted by Crippen LogP contribution is 2.19. The summed E-state index contributed by atoms with van der Waals surface area (Å²) in [6.07, 6.45) is 1.73. The minimum atomic E-state index is -0.330. The van der Waals surface area contributed by atoms with Crippen molar-refractivity contribution >= 4 is 29.0 Å². The van der Waals surface area contributed by atoms with E-state index in [2.05, 4.69) is 48.5 Å². The van der Waals surface area contributed by atoms with E-state index in [9.17, 15) is 4.79 Å². The number of nitrogen functional groups attached to an aromatic ring is 1. The summed E-state index contributed by atoms with van der Waals surface area (Å²) in [7, 11) is 1.77. The van der Waals surface area contributed by atoms with E-state index in [1.165, 1.54) is 17.2 Å². The number of aromatic nitrogens is 2. The third kappa shape index (κ3) is 5.36. The Kier molecular flexibility index (Phi) is 6.19. The van der Waals surface area contributed by atoms with Crippen LogP contribution in [0, 0.1) is 13.8 Å². The molecule has 1 aromatic heterocycles. The van der Waals surface area contributed by atoms with E-state index in [0.29, 0.717) is 22.1 Å². The number of hydrogen-bond donors (Lipinski definition) is 2. The van der Waals surface area contributed by atoms with Crippen LogP contribution in [0.3, 0.4) is 0 Å². The molecule has 0 unspecified atom stereocenters. The molecule has 6 heteroatoms. The Balaban J connectivity index is 0.000000236. The second-order valence-corrected chi connectivity index (χ2v) is 6.08. The van der Waals surface area contributed by atoms with Crippen molar-refractivity contribution in [3.63, 3.8) is 0 Å². The number of nitrogens with zero attached hydrogens (tertiary/aromatic N) is 2. The van der Waals surface area contributed by atoms with Gasteiger partial charge in [0.05, 0.1) is 5.56 Å². The second kappa shape index (κ2) is 8.35. The smallest absolute Gasteiger partial charge is 0.259 e. The first kappa shape index (κ1) is 18.5. The lowest BCUT2D eigenvalue weighted by molar-refractivity contribution is 0.102. The van der Waals surface area contributed by atoms with Gasteiger partial charge in [0.25, 0.3) is 5.91 Å². The molecular formula is C19H21ClN4O. The van der Waals surface area contributed by atoms with E-state index < -0.39 is 0 Å². The Morgan fingerprint density at radius 1 is 1.12 bits per heavy atom. The number of nitrogens with one attached hydrogen (secondary N) is 1. The fourth-order valence-electron chi connectivity index (χ4n) is 2.05. The molecule has 1 amide bonds. The van der Waals surface area contributed by atoms with Crippen molar-refractivity contribution < 1.29 is 4.79 Å². The molecule has 3 rings (SSSR count). The van der Waals surface area contributed by atoms with Gasteiger partial charge in [-0.05, 0) is 43.2 Å². The van der Waals surface area contributed by atoms with Crippen molar-refractivity contribution in [1.82, 2.24) is 9.78 Å². The van der Waals surface area contributed by atoms with Crippen LogP contribution in [0.25, 0.3) is 0 Å². The zero-order valence-corrected chi connectivity index (χ0v) is 15.2. The second-order valence-electron chi connectivity index (χ2n) is 5.64. The molecule has 2 aromatic carbocycles. The highest BCUT2D eigenvalue weighted by atomic mass is 35.5. The third-order valence-corrected chi connectivity index (χ3v) is 3.88. The molecule has 130 valence electrons. The predicted molar refractivity (Wildman–Crippen MR) is 103 cm³/mol. The van der Waals surface area contributed by atoms with Crippen LogP contribution in [-0.4, -0.2) is 15.7 Å². The molecule has 3 N–H and O–H groups in total. The molecule has 0 bridgehead atoms. The molecule has 0 atom stereocenters.